The number of aromatic hydroxyl groups is 1. The SMILES string of the molecule is COc1cc2c(cc1OC)CN(C(=O)c1ccc(O)c(Cl)c1)CC2. The van der Waals surface area contributed by atoms with E-state index < -0.39 is 0 Å². The molecule has 5 nitrogen and oxygen atoms in total. The van der Waals surface area contributed by atoms with E-state index >= 15 is 0 Å². The van der Waals surface area contributed by atoms with Crippen molar-refractivity contribution in [2.24, 2.45) is 0 Å². The van der Waals surface area contributed by atoms with Gasteiger partial charge in [0, 0.05) is 18.7 Å². The molecule has 0 atom stereocenters. The third-order valence-electron chi connectivity index (χ3n) is 4.20. The maximum absolute atomic E-state index is 12.7. The van der Waals surface area contributed by atoms with Crippen LogP contribution in [-0.2, 0) is 13.0 Å². The second-order valence-corrected chi connectivity index (χ2v) is 6.03. The molecule has 0 aliphatic carbocycles. The van der Waals surface area contributed by atoms with Gasteiger partial charge >= 0.3 is 0 Å². The molecule has 0 bridgehead atoms. The molecule has 0 radical (unpaired) electrons. The number of ether oxygens (including phenoxy) is 2. The largest absolute Gasteiger partial charge is 0.506 e. The number of rotatable bonds is 3. The van der Waals surface area contributed by atoms with Crippen molar-refractivity contribution in [1.82, 2.24) is 4.90 Å². The Bertz CT molecular complexity index is 791. The lowest BCUT2D eigenvalue weighted by Gasteiger charge is -2.29. The summed E-state index contributed by atoms with van der Waals surface area (Å²) in [5.74, 6) is 1.20. The number of nitrogens with zero attached hydrogens (tertiary/aromatic N) is 1. The number of benzene rings is 2. The third-order valence-corrected chi connectivity index (χ3v) is 4.50. The summed E-state index contributed by atoms with van der Waals surface area (Å²) in [5, 5.41) is 9.66. The Morgan fingerprint density at radius 2 is 1.79 bits per heavy atom. The molecular weight excluding hydrogens is 330 g/mol. The normalized spacial score (nSPS) is 13.4. The summed E-state index contributed by atoms with van der Waals surface area (Å²) >= 11 is 5.90. The molecule has 0 unspecified atom stereocenters. The predicted octanol–water partition coefficient (Wildman–Crippen LogP) is 3.26. The van der Waals surface area contributed by atoms with Crippen LogP contribution in [0.3, 0.4) is 0 Å². The van der Waals surface area contributed by atoms with Crippen LogP contribution in [0.1, 0.15) is 21.5 Å². The highest BCUT2D eigenvalue weighted by molar-refractivity contribution is 6.32. The minimum Gasteiger partial charge on any atom is -0.506 e. The minimum atomic E-state index is -0.114. The van der Waals surface area contributed by atoms with Gasteiger partial charge in [0.05, 0.1) is 19.2 Å². The molecule has 0 aromatic heterocycles. The molecule has 1 N–H and O–H groups in total. The number of phenolic OH excluding ortho intramolecular Hbond substituents is 1. The van der Waals surface area contributed by atoms with E-state index in [1.54, 1.807) is 25.2 Å². The van der Waals surface area contributed by atoms with E-state index in [1.165, 1.54) is 12.1 Å². The fourth-order valence-electron chi connectivity index (χ4n) is 2.88. The predicted molar refractivity (Wildman–Crippen MR) is 91.1 cm³/mol. The molecular formula is C18H18ClNO4. The minimum absolute atomic E-state index is 0.0333. The van der Waals surface area contributed by atoms with Crippen LogP contribution in [0.4, 0.5) is 0 Å². The standard InChI is InChI=1S/C18H18ClNO4/c1-23-16-8-11-5-6-20(10-13(11)9-17(16)24-2)18(22)12-3-4-15(21)14(19)7-12/h3-4,7-9,21H,5-6,10H2,1-2H3. The Balaban J connectivity index is 1.86. The summed E-state index contributed by atoms with van der Waals surface area (Å²) in [4.78, 5) is 14.4. The van der Waals surface area contributed by atoms with E-state index in [1.807, 2.05) is 12.1 Å². The molecule has 1 aliphatic rings. The van der Waals surface area contributed by atoms with E-state index in [0.29, 0.717) is 30.2 Å². The van der Waals surface area contributed by atoms with Crippen molar-refractivity contribution in [2.75, 3.05) is 20.8 Å². The summed E-state index contributed by atoms with van der Waals surface area (Å²) in [5.41, 5.74) is 2.65. The summed E-state index contributed by atoms with van der Waals surface area (Å²) in [7, 11) is 3.20. The first kappa shape index (κ1) is 16.5. The molecule has 2 aromatic carbocycles. The van der Waals surface area contributed by atoms with Crippen molar-refractivity contribution in [3.05, 3.63) is 52.0 Å². The number of carbonyl (C=O) groups is 1. The molecule has 0 saturated carbocycles. The zero-order valence-corrected chi connectivity index (χ0v) is 14.3. The lowest BCUT2D eigenvalue weighted by molar-refractivity contribution is 0.0734. The van der Waals surface area contributed by atoms with Crippen LogP contribution in [0, 0.1) is 0 Å². The number of carbonyl (C=O) groups excluding carboxylic acids is 1. The monoisotopic (exact) mass is 347 g/mol. The van der Waals surface area contributed by atoms with Crippen molar-refractivity contribution in [3.63, 3.8) is 0 Å². The van der Waals surface area contributed by atoms with Gasteiger partial charge in [-0.3, -0.25) is 4.79 Å². The van der Waals surface area contributed by atoms with Crippen molar-refractivity contribution >= 4 is 17.5 Å². The number of hydrogen-bond donors (Lipinski definition) is 1. The van der Waals surface area contributed by atoms with Gasteiger partial charge in [-0.25, -0.2) is 0 Å². The van der Waals surface area contributed by atoms with Crippen molar-refractivity contribution in [1.29, 1.82) is 0 Å². The van der Waals surface area contributed by atoms with Crippen molar-refractivity contribution in [3.8, 4) is 17.2 Å². The number of fused-ring (bicyclic) bond motifs is 1. The van der Waals surface area contributed by atoms with Gasteiger partial charge in [-0.1, -0.05) is 11.6 Å². The maximum atomic E-state index is 12.7. The number of amides is 1. The van der Waals surface area contributed by atoms with Crippen LogP contribution < -0.4 is 9.47 Å². The van der Waals surface area contributed by atoms with E-state index in [4.69, 9.17) is 21.1 Å². The Hall–Kier alpha value is -2.40. The maximum Gasteiger partial charge on any atom is 0.254 e. The van der Waals surface area contributed by atoms with E-state index in [0.717, 1.165) is 17.5 Å². The third kappa shape index (κ3) is 2.99. The lowest BCUT2D eigenvalue weighted by Crippen LogP contribution is -2.36. The van der Waals surface area contributed by atoms with E-state index in [-0.39, 0.29) is 16.7 Å². The Kier molecular flexibility index (Phi) is 4.53. The molecule has 0 spiro atoms. The quantitative estimate of drug-likeness (QED) is 0.925. The second kappa shape index (κ2) is 6.61. The van der Waals surface area contributed by atoms with Gasteiger partial charge in [0.2, 0.25) is 0 Å². The highest BCUT2D eigenvalue weighted by Gasteiger charge is 2.24. The molecule has 1 heterocycles. The fourth-order valence-corrected chi connectivity index (χ4v) is 3.06. The molecule has 0 saturated heterocycles. The highest BCUT2D eigenvalue weighted by Crippen LogP contribution is 2.33. The van der Waals surface area contributed by atoms with Gasteiger partial charge in [-0.2, -0.15) is 0 Å². The number of methoxy groups -OCH3 is 2. The lowest BCUT2D eigenvalue weighted by atomic mass is 9.98. The smallest absolute Gasteiger partial charge is 0.254 e. The summed E-state index contributed by atoms with van der Waals surface area (Å²) in [6, 6.07) is 8.38. The van der Waals surface area contributed by atoms with Gasteiger partial charge < -0.3 is 19.5 Å². The Morgan fingerprint density at radius 3 is 2.42 bits per heavy atom. The van der Waals surface area contributed by atoms with Crippen LogP contribution in [0.15, 0.2) is 30.3 Å². The topological polar surface area (TPSA) is 59.0 Å². The van der Waals surface area contributed by atoms with Gasteiger partial charge in [-0.05, 0) is 47.9 Å². The van der Waals surface area contributed by atoms with Crippen LogP contribution in [0.2, 0.25) is 5.02 Å². The van der Waals surface area contributed by atoms with Crippen LogP contribution in [-0.4, -0.2) is 36.7 Å². The van der Waals surface area contributed by atoms with E-state index in [2.05, 4.69) is 0 Å². The molecule has 126 valence electrons. The molecule has 2 aromatic rings. The van der Waals surface area contributed by atoms with Gasteiger partial charge in [-0.15, -0.1) is 0 Å². The fraction of sp³-hybridized carbons (Fsp3) is 0.278. The van der Waals surface area contributed by atoms with Gasteiger partial charge in [0.1, 0.15) is 5.75 Å². The van der Waals surface area contributed by atoms with Crippen LogP contribution >= 0.6 is 11.6 Å². The number of phenols is 1. The first-order chi connectivity index (χ1) is 11.5. The van der Waals surface area contributed by atoms with Gasteiger partial charge in [0.15, 0.2) is 11.5 Å². The molecule has 0 fully saturated rings. The molecule has 1 aliphatic heterocycles. The van der Waals surface area contributed by atoms with E-state index in [9.17, 15) is 9.90 Å². The van der Waals surface area contributed by atoms with Gasteiger partial charge in [0.25, 0.3) is 5.91 Å². The van der Waals surface area contributed by atoms with Crippen LogP contribution in [0.25, 0.3) is 0 Å². The highest BCUT2D eigenvalue weighted by atomic mass is 35.5. The second-order valence-electron chi connectivity index (χ2n) is 5.62. The van der Waals surface area contributed by atoms with Crippen molar-refractivity contribution < 1.29 is 19.4 Å². The first-order valence-corrected chi connectivity index (χ1v) is 7.93. The Morgan fingerprint density at radius 1 is 1.12 bits per heavy atom. The summed E-state index contributed by atoms with van der Waals surface area (Å²) in [6.45, 7) is 1.10. The molecule has 24 heavy (non-hydrogen) atoms. The van der Waals surface area contributed by atoms with Crippen LogP contribution in [0.5, 0.6) is 17.2 Å². The molecule has 3 rings (SSSR count). The first-order valence-electron chi connectivity index (χ1n) is 7.55. The average molecular weight is 348 g/mol. The zero-order chi connectivity index (χ0) is 17.3. The van der Waals surface area contributed by atoms with Crippen molar-refractivity contribution in [2.45, 2.75) is 13.0 Å². The number of hydrogen-bond acceptors (Lipinski definition) is 4. The summed E-state index contributed by atoms with van der Waals surface area (Å²) < 4.78 is 10.7. The molecule has 1 amide bonds. The average Bonchev–Trinajstić information content (AvgIpc) is 2.61. The summed E-state index contributed by atoms with van der Waals surface area (Å²) in [6.07, 6.45) is 0.743. The number of halogens is 1. The molecule has 6 heteroatoms. The zero-order valence-electron chi connectivity index (χ0n) is 13.5. The Labute approximate surface area is 145 Å².